The summed E-state index contributed by atoms with van der Waals surface area (Å²) in [6, 6.07) is 16.3. The minimum absolute atomic E-state index is 0.0993. The molecule has 2 aromatic heterocycles. The number of H-pyrrole nitrogens is 1. The minimum atomic E-state index is -0.0993. The van der Waals surface area contributed by atoms with E-state index in [0.717, 1.165) is 22.5 Å². The fourth-order valence-electron chi connectivity index (χ4n) is 3.24. The van der Waals surface area contributed by atoms with Crippen molar-refractivity contribution in [3.63, 3.8) is 0 Å². The molecule has 6 nitrogen and oxygen atoms in total. The van der Waals surface area contributed by atoms with E-state index in [9.17, 15) is 4.79 Å². The third-order valence-corrected chi connectivity index (χ3v) is 4.93. The Morgan fingerprint density at radius 3 is 2.50 bits per heavy atom. The molecule has 2 N–H and O–H groups in total. The Kier molecular flexibility index (Phi) is 4.69. The molecule has 0 radical (unpaired) electrons. The zero-order valence-corrected chi connectivity index (χ0v) is 16.3. The van der Waals surface area contributed by atoms with Crippen molar-refractivity contribution in [2.24, 2.45) is 0 Å². The molecule has 2 heterocycles. The van der Waals surface area contributed by atoms with E-state index >= 15 is 0 Å². The smallest absolute Gasteiger partial charge is 0.277 e. The van der Waals surface area contributed by atoms with Crippen molar-refractivity contribution >= 4 is 11.5 Å². The topological polar surface area (TPSA) is 75.1 Å². The molecule has 142 valence electrons. The standard InChI is InChI=1S/C22H23N5O/c1-14-8-10-17(11-9-14)12-18-16(3)24-22-25-20(26-27(22)21(18)28)13-23-19-7-5-4-6-15(19)2/h4-11,23H,12-13H2,1-3H3,(H,24,25,26). The summed E-state index contributed by atoms with van der Waals surface area (Å²) in [5, 5.41) is 6.43. The van der Waals surface area contributed by atoms with Crippen LogP contribution in [0.15, 0.2) is 53.3 Å². The molecular formula is C22H23N5O. The molecule has 0 atom stereocenters. The summed E-state index contributed by atoms with van der Waals surface area (Å²) >= 11 is 0. The van der Waals surface area contributed by atoms with Crippen molar-refractivity contribution in [3.8, 4) is 0 Å². The van der Waals surface area contributed by atoms with Gasteiger partial charge in [-0.25, -0.2) is 4.98 Å². The van der Waals surface area contributed by atoms with E-state index in [-0.39, 0.29) is 5.56 Å². The number of nitrogens with one attached hydrogen (secondary N) is 2. The van der Waals surface area contributed by atoms with Gasteiger partial charge in [0.05, 0.1) is 12.2 Å². The maximum atomic E-state index is 13.0. The molecule has 6 heteroatoms. The van der Waals surface area contributed by atoms with E-state index in [1.54, 1.807) is 0 Å². The second kappa shape index (κ2) is 7.31. The van der Waals surface area contributed by atoms with Crippen molar-refractivity contribution in [2.75, 3.05) is 5.32 Å². The second-order valence-electron chi connectivity index (χ2n) is 7.12. The Labute approximate surface area is 163 Å². The number of hydrogen-bond donors (Lipinski definition) is 2. The Bertz CT molecular complexity index is 1190. The number of aryl methyl sites for hydroxylation is 3. The summed E-state index contributed by atoms with van der Waals surface area (Å²) in [6.07, 6.45) is 0.552. The van der Waals surface area contributed by atoms with Crippen LogP contribution in [-0.4, -0.2) is 19.6 Å². The van der Waals surface area contributed by atoms with Crippen LogP contribution in [0, 0.1) is 20.8 Å². The molecule has 0 fully saturated rings. The van der Waals surface area contributed by atoms with Gasteiger partial charge in [0.25, 0.3) is 11.3 Å². The maximum absolute atomic E-state index is 13.0. The lowest BCUT2D eigenvalue weighted by Crippen LogP contribution is -2.22. The molecule has 0 unspecified atom stereocenters. The number of hydrogen-bond acceptors (Lipinski definition) is 4. The van der Waals surface area contributed by atoms with Crippen LogP contribution in [0.2, 0.25) is 0 Å². The number of aromatic nitrogens is 4. The number of aromatic amines is 1. The van der Waals surface area contributed by atoms with E-state index in [0.29, 0.717) is 30.1 Å². The lowest BCUT2D eigenvalue weighted by molar-refractivity contribution is 0.832. The zero-order valence-electron chi connectivity index (χ0n) is 16.3. The summed E-state index contributed by atoms with van der Waals surface area (Å²) in [5.41, 5.74) is 5.79. The molecule has 4 aromatic rings. The first-order valence-electron chi connectivity index (χ1n) is 9.33. The van der Waals surface area contributed by atoms with Crippen molar-refractivity contribution in [2.45, 2.75) is 33.7 Å². The minimum Gasteiger partial charge on any atom is -0.378 e. The highest BCUT2D eigenvalue weighted by atomic mass is 16.1. The lowest BCUT2D eigenvalue weighted by Gasteiger charge is -2.06. The highest BCUT2D eigenvalue weighted by Crippen LogP contribution is 2.14. The number of para-hydroxylation sites is 1. The Morgan fingerprint density at radius 1 is 1.00 bits per heavy atom. The van der Waals surface area contributed by atoms with Gasteiger partial charge in [0.2, 0.25) is 0 Å². The van der Waals surface area contributed by atoms with Gasteiger partial charge >= 0.3 is 0 Å². The average molecular weight is 373 g/mol. The van der Waals surface area contributed by atoms with Crippen LogP contribution in [0.4, 0.5) is 5.69 Å². The number of fused-ring (bicyclic) bond motifs is 1. The van der Waals surface area contributed by atoms with E-state index in [4.69, 9.17) is 0 Å². The molecule has 0 bridgehead atoms. The third-order valence-electron chi connectivity index (χ3n) is 4.93. The third kappa shape index (κ3) is 3.53. The molecule has 28 heavy (non-hydrogen) atoms. The molecule has 0 aliphatic heterocycles. The van der Waals surface area contributed by atoms with Gasteiger partial charge in [-0.2, -0.15) is 9.50 Å². The SMILES string of the molecule is Cc1ccc(Cc2c(C)nc3nc(CNc4ccccc4C)[nH]n3c2=O)cc1. The maximum Gasteiger partial charge on any atom is 0.277 e. The normalized spacial score (nSPS) is 11.1. The van der Waals surface area contributed by atoms with Crippen LogP contribution in [-0.2, 0) is 13.0 Å². The molecule has 4 rings (SSSR count). The quantitative estimate of drug-likeness (QED) is 0.561. The number of nitrogens with zero attached hydrogens (tertiary/aromatic N) is 3. The monoisotopic (exact) mass is 373 g/mol. The average Bonchev–Trinajstić information content (AvgIpc) is 3.09. The fraction of sp³-hybridized carbons (Fsp3) is 0.227. The first-order chi connectivity index (χ1) is 13.5. The number of rotatable bonds is 5. The van der Waals surface area contributed by atoms with E-state index in [1.807, 2.05) is 50.2 Å². The van der Waals surface area contributed by atoms with Crippen molar-refractivity contribution in [3.05, 3.63) is 92.7 Å². The van der Waals surface area contributed by atoms with Crippen molar-refractivity contribution in [1.82, 2.24) is 19.6 Å². The molecular weight excluding hydrogens is 350 g/mol. The van der Waals surface area contributed by atoms with Crippen LogP contribution >= 0.6 is 0 Å². The fourth-order valence-corrected chi connectivity index (χ4v) is 3.24. The molecule has 0 saturated carbocycles. The highest BCUT2D eigenvalue weighted by molar-refractivity contribution is 5.50. The summed E-state index contributed by atoms with van der Waals surface area (Å²) in [7, 11) is 0. The summed E-state index contributed by atoms with van der Waals surface area (Å²) in [4.78, 5) is 22.0. The second-order valence-corrected chi connectivity index (χ2v) is 7.12. The van der Waals surface area contributed by atoms with Crippen LogP contribution < -0.4 is 10.9 Å². The zero-order chi connectivity index (χ0) is 19.7. The lowest BCUT2D eigenvalue weighted by atomic mass is 10.0. The van der Waals surface area contributed by atoms with Gasteiger partial charge in [0, 0.05) is 17.7 Å². The van der Waals surface area contributed by atoms with Crippen LogP contribution in [0.25, 0.3) is 5.78 Å². The van der Waals surface area contributed by atoms with Gasteiger partial charge in [-0.3, -0.25) is 9.89 Å². The van der Waals surface area contributed by atoms with E-state index < -0.39 is 0 Å². The van der Waals surface area contributed by atoms with Crippen LogP contribution in [0.1, 0.15) is 33.8 Å². The molecule has 0 saturated heterocycles. The van der Waals surface area contributed by atoms with Gasteiger partial charge in [0.15, 0.2) is 0 Å². The Hall–Kier alpha value is -3.41. The van der Waals surface area contributed by atoms with Gasteiger partial charge in [-0.15, -0.1) is 0 Å². The van der Waals surface area contributed by atoms with Crippen molar-refractivity contribution < 1.29 is 0 Å². The van der Waals surface area contributed by atoms with Crippen LogP contribution in [0.3, 0.4) is 0 Å². The highest BCUT2D eigenvalue weighted by Gasteiger charge is 2.14. The number of anilines is 1. The van der Waals surface area contributed by atoms with Crippen LogP contribution in [0.5, 0.6) is 0 Å². The van der Waals surface area contributed by atoms with Gasteiger partial charge in [-0.05, 0) is 38.0 Å². The molecule has 0 aliphatic rings. The Balaban J connectivity index is 1.62. The summed E-state index contributed by atoms with van der Waals surface area (Å²) < 4.78 is 1.44. The number of benzene rings is 2. The van der Waals surface area contributed by atoms with E-state index in [2.05, 4.69) is 39.4 Å². The van der Waals surface area contributed by atoms with Gasteiger partial charge in [-0.1, -0.05) is 48.0 Å². The predicted octanol–water partition coefficient (Wildman–Crippen LogP) is 3.55. The molecule has 0 aliphatic carbocycles. The Morgan fingerprint density at radius 2 is 1.75 bits per heavy atom. The largest absolute Gasteiger partial charge is 0.378 e. The van der Waals surface area contributed by atoms with E-state index in [1.165, 1.54) is 10.1 Å². The van der Waals surface area contributed by atoms with Gasteiger partial charge in [0.1, 0.15) is 5.82 Å². The summed E-state index contributed by atoms with van der Waals surface area (Å²) in [5.74, 6) is 1.07. The first-order valence-corrected chi connectivity index (χ1v) is 9.33. The van der Waals surface area contributed by atoms with Crippen molar-refractivity contribution in [1.29, 1.82) is 0 Å². The molecule has 2 aromatic carbocycles. The molecule has 0 spiro atoms. The van der Waals surface area contributed by atoms with Gasteiger partial charge < -0.3 is 5.32 Å². The predicted molar refractivity (Wildman–Crippen MR) is 111 cm³/mol. The first kappa shape index (κ1) is 18.0. The summed E-state index contributed by atoms with van der Waals surface area (Å²) in [6.45, 7) is 6.45. The molecule has 0 amide bonds.